The topological polar surface area (TPSA) is 30.0 Å². The molecule has 0 saturated carbocycles. The van der Waals surface area contributed by atoms with E-state index >= 15 is 0 Å². The second-order valence-corrected chi connectivity index (χ2v) is 0. The summed E-state index contributed by atoms with van der Waals surface area (Å²) < 4.78 is 0. The molecule has 0 amide bonds. The van der Waals surface area contributed by atoms with E-state index in [1.165, 1.54) is 0 Å². The smallest absolute Gasteiger partial charge is 0.316 e. The summed E-state index contributed by atoms with van der Waals surface area (Å²) in [5, 5.41) is 0. The molecule has 0 bridgehead atoms. The molecule has 0 aliphatic carbocycles. The maximum Gasteiger partial charge on any atom is 0.316 e. The summed E-state index contributed by atoms with van der Waals surface area (Å²) in [6.07, 6.45) is 0. The van der Waals surface area contributed by atoms with Crippen LogP contribution in [0.15, 0.2) is 0 Å². The Morgan fingerprint density at radius 1 is 1.00 bits per heavy atom. The van der Waals surface area contributed by atoms with Gasteiger partial charge in [0.2, 0.25) is 0 Å². The number of rotatable bonds is 0. The minimum absolute atomic E-state index is 0. The molecule has 0 aromatic heterocycles. The molecule has 0 spiro atoms. The van der Waals surface area contributed by atoms with Gasteiger partial charge in [-0.05, 0) is 0 Å². The van der Waals surface area contributed by atoms with Crippen LogP contribution >= 0.6 is 0 Å². The molecule has 0 heterocycles. The SMILES string of the molecule is [BaH+].[Cu].[MgH2].[Mn].[OH-].[Zn]. The fourth-order valence-corrected chi connectivity index (χ4v) is 0. The Morgan fingerprint density at radius 3 is 1.00 bits per heavy atom. The maximum atomic E-state index is 0. The first kappa shape index (κ1) is 51.0. The van der Waals surface area contributed by atoms with Crippen molar-refractivity contribution in [1.82, 2.24) is 0 Å². The van der Waals surface area contributed by atoms with Crippen LogP contribution in [0.25, 0.3) is 0 Å². The molecule has 0 aromatic carbocycles. The van der Waals surface area contributed by atoms with Gasteiger partial charge in [0, 0.05) is 53.6 Å². The minimum atomic E-state index is 0. The Morgan fingerprint density at radius 2 is 1.00 bits per heavy atom. The van der Waals surface area contributed by atoms with Gasteiger partial charge in [0.25, 0.3) is 0 Å². The van der Waals surface area contributed by atoms with Crippen molar-refractivity contribution in [3.8, 4) is 0 Å². The van der Waals surface area contributed by atoms with Crippen molar-refractivity contribution < 1.29 is 59.1 Å². The molecule has 0 saturated heterocycles. The van der Waals surface area contributed by atoms with E-state index < -0.39 is 0 Å². The molecule has 2 radical (unpaired) electrons. The van der Waals surface area contributed by atoms with E-state index in [0.717, 1.165) is 0 Å². The van der Waals surface area contributed by atoms with E-state index in [1.54, 1.807) is 0 Å². The molecule has 0 aliphatic rings. The van der Waals surface area contributed by atoms with Crippen LogP contribution in [0.4, 0.5) is 0 Å². The van der Waals surface area contributed by atoms with Gasteiger partial charge in [-0.15, -0.1) is 0 Å². The fraction of sp³-hybridized carbons (Fsp3) is 0. The predicted octanol–water partition coefficient (Wildman–Crippen LogP) is -1.75. The molecular weight excluding hydrogens is 362 g/mol. The van der Waals surface area contributed by atoms with Crippen molar-refractivity contribution in [2.24, 2.45) is 0 Å². The van der Waals surface area contributed by atoms with E-state index in [1.807, 2.05) is 0 Å². The van der Waals surface area contributed by atoms with Gasteiger partial charge in [-0.3, -0.25) is 0 Å². The van der Waals surface area contributed by atoms with Crippen LogP contribution < -0.4 is 0 Å². The van der Waals surface area contributed by atoms with Gasteiger partial charge < -0.3 is 5.48 Å². The van der Waals surface area contributed by atoms with Gasteiger partial charge in [-0.25, -0.2) is 0 Å². The molecule has 0 unspecified atom stereocenters. The van der Waals surface area contributed by atoms with Crippen LogP contribution in [-0.2, 0) is 53.6 Å². The summed E-state index contributed by atoms with van der Waals surface area (Å²) in [6, 6.07) is 0. The quantitative estimate of drug-likeness (QED) is 0.469. The molecule has 0 atom stereocenters. The predicted molar refractivity (Wildman–Crippen MR) is 17.6 cm³/mol. The Hall–Kier alpha value is 3.96. The van der Waals surface area contributed by atoms with Crippen LogP contribution in [0.3, 0.4) is 0 Å². The zero-order chi connectivity index (χ0) is 0. The van der Waals surface area contributed by atoms with Crippen molar-refractivity contribution in [2.45, 2.75) is 0 Å². The summed E-state index contributed by atoms with van der Waals surface area (Å²) in [7, 11) is 0. The molecule has 0 rings (SSSR count). The monoisotopic (exact) mass is 364 g/mol. The largest absolute Gasteiger partial charge is 0.870 e. The van der Waals surface area contributed by atoms with E-state index in [0.29, 0.717) is 0 Å². The third-order valence-corrected chi connectivity index (χ3v) is 0. The van der Waals surface area contributed by atoms with Gasteiger partial charge in [-0.1, -0.05) is 0 Å². The Labute approximate surface area is 128 Å². The summed E-state index contributed by atoms with van der Waals surface area (Å²) in [5.74, 6) is 0. The van der Waals surface area contributed by atoms with E-state index in [2.05, 4.69) is 0 Å². The first-order chi connectivity index (χ1) is 0. The average molecular weight is 366 g/mol. The van der Waals surface area contributed by atoms with Crippen molar-refractivity contribution in [3.05, 3.63) is 0 Å². The van der Waals surface area contributed by atoms with Crippen LogP contribution in [0.1, 0.15) is 0 Å². The standard InChI is InChI=1S/Ba.Cu.Mg.Mn.H2O.Zn.3H/h;;;;1H2;;;;/q+1;;;;;;;;/p-1. The fourth-order valence-electron chi connectivity index (χ4n) is 0. The van der Waals surface area contributed by atoms with Gasteiger partial charge in [0.15, 0.2) is 0 Å². The first-order valence-electron chi connectivity index (χ1n) is 0. The van der Waals surface area contributed by atoms with Gasteiger partial charge in [0.1, 0.15) is 0 Å². The van der Waals surface area contributed by atoms with Crippen LogP contribution in [0, 0.1) is 0 Å². The molecular formula is H4BaCuMgMnOZn. The normalized spacial score (nSPS) is 0. The second-order valence-electron chi connectivity index (χ2n) is 0. The van der Waals surface area contributed by atoms with Crippen molar-refractivity contribution in [3.63, 3.8) is 0 Å². The molecule has 0 aromatic rings. The molecule has 6 heteroatoms. The van der Waals surface area contributed by atoms with Crippen molar-refractivity contribution in [1.29, 1.82) is 0 Å². The van der Waals surface area contributed by atoms with Crippen LogP contribution in [-0.4, -0.2) is 77.4 Å². The summed E-state index contributed by atoms with van der Waals surface area (Å²) >= 11 is 0. The van der Waals surface area contributed by atoms with Crippen LogP contribution in [0.2, 0.25) is 0 Å². The number of hydrogen-bond donors (Lipinski definition) is 0. The second kappa shape index (κ2) is 36.2. The summed E-state index contributed by atoms with van der Waals surface area (Å²) in [4.78, 5) is 0. The Bertz CT molecular complexity index is 15.5. The molecule has 1 N–H and O–H groups in total. The summed E-state index contributed by atoms with van der Waals surface area (Å²) in [6.45, 7) is 0. The van der Waals surface area contributed by atoms with Gasteiger partial charge in [0.05, 0.1) is 0 Å². The molecule has 0 aliphatic heterocycles. The van der Waals surface area contributed by atoms with E-state index in [4.69, 9.17) is 0 Å². The zero-order valence-corrected chi connectivity index (χ0v) is 14.2. The molecule has 1 nitrogen and oxygen atoms in total. The maximum absolute atomic E-state index is 0. The molecule has 34 valence electrons. The zero-order valence-electron chi connectivity index (χ0n) is 2.83. The molecule has 6 heavy (non-hydrogen) atoms. The number of hydrogen-bond acceptors (Lipinski definition) is 1. The van der Waals surface area contributed by atoms with E-state index in [9.17, 15) is 0 Å². The van der Waals surface area contributed by atoms with Crippen molar-refractivity contribution >= 4 is 71.9 Å². The van der Waals surface area contributed by atoms with Crippen molar-refractivity contribution in [2.75, 3.05) is 0 Å². The minimum Gasteiger partial charge on any atom is -0.870 e. The Kier molecular flexibility index (Phi) is 308. The van der Waals surface area contributed by atoms with Crippen LogP contribution in [0.5, 0.6) is 0 Å². The van der Waals surface area contributed by atoms with E-state index in [-0.39, 0.29) is 131 Å². The first-order valence-corrected chi connectivity index (χ1v) is 0. The third-order valence-electron chi connectivity index (χ3n) is 0. The average Bonchev–Trinajstić information content (AvgIpc) is 0. The van der Waals surface area contributed by atoms with Gasteiger partial charge >= 0.3 is 71.9 Å². The third kappa shape index (κ3) is 24.6. The molecule has 0 fully saturated rings. The Balaban J connectivity index is 0. The van der Waals surface area contributed by atoms with Gasteiger partial charge in [-0.2, -0.15) is 0 Å². The summed E-state index contributed by atoms with van der Waals surface area (Å²) in [5.41, 5.74) is 0.